The van der Waals surface area contributed by atoms with Gasteiger partial charge in [0.15, 0.2) is 0 Å². The Morgan fingerprint density at radius 3 is 2.52 bits per heavy atom. The molecule has 4 saturated carbocycles. The van der Waals surface area contributed by atoms with Gasteiger partial charge in [-0.3, -0.25) is 4.79 Å². The van der Waals surface area contributed by atoms with Crippen LogP contribution in [0.2, 0.25) is 5.02 Å². The SMILES string of the molecule is CC(NC(=O)/C(C#N)=C\Nc1cc(Cl)ccn1)C12CC3CC(CC(C3)C1)C2. The van der Waals surface area contributed by atoms with Crippen molar-refractivity contribution in [2.45, 2.75) is 51.5 Å². The molecule has 142 valence electrons. The Morgan fingerprint density at radius 2 is 1.96 bits per heavy atom. The molecule has 1 unspecified atom stereocenters. The molecule has 1 amide bonds. The van der Waals surface area contributed by atoms with Crippen molar-refractivity contribution in [3.05, 3.63) is 35.1 Å². The number of hydrogen-bond donors (Lipinski definition) is 2. The highest BCUT2D eigenvalue weighted by molar-refractivity contribution is 6.30. The van der Waals surface area contributed by atoms with E-state index in [1.807, 2.05) is 6.07 Å². The van der Waals surface area contributed by atoms with Crippen molar-refractivity contribution in [1.82, 2.24) is 10.3 Å². The quantitative estimate of drug-likeness (QED) is 0.586. The second-order valence-electron chi connectivity index (χ2n) is 8.65. The Bertz CT molecular complexity index is 777. The monoisotopic (exact) mass is 384 g/mol. The molecule has 5 rings (SSSR count). The maximum atomic E-state index is 12.7. The fraction of sp³-hybridized carbons (Fsp3) is 0.571. The summed E-state index contributed by atoms with van der Waals surface area (Å²) in [6.07, 6.45) is 10.8. The highest BCUT2D eigenvalue weighted by Gasteiger charge is 2.53. The lowest BCUT2D eigenvalue weighted by molar-refractivity contribution is -0.122. The molecule has 27 heavy (non-hydrogen) atoms. The van der Waals surface area contributed by atoms with Crippen LogP contribution in [0.15, 0.2) is 30.1 Å². The van der Waals surface area contributed by atoms with E-state index in [-0.39, 0.29) is 22.9 Å². The number of nitriles is 1. The first-order valence-corrected chi connectivity index (χ1v) is 10.1. The summed E-state index contributed by atoms with van der Waals surface area (Å²) >= 11 is 5.93. The average molecular weight is 385 g/mol. The number of aromatic nitrogens is 1. The minimum absolute atomic E-state index is 0.0494. The van der Waals surface area contributed by atoms with Crippen LogP contribution in [0, 0.1) is 34.5 Å². The predicted molar refractivity (Wildman–Crippen MR) is 105 cm³/mol. The summed E-state index contributed by atoms with van der Waals surface area (Å²) in [4.78, 5) is 16.8. The summed E-state index contributed by atoms with van der Waals surface area (Å²) in [5.41, 5.74) is 0.265. The van der Waals surface area contributed by atoms with Crippen molar-refractivity contribution in [3.8, 4) is 6.07 Å². The van der Waals surface area contributed by atoms with E-state index in [1.165, 1.54) is 44.7 Å². The van der Waals surface area contributed by atoms with Gasteiger partial charge in [-0.25, -0.2) is 4.98 Å². The number of nitrogens with one attached hydrogen (secondary N) is 2. The van der Waals surface area contributed by atoms with Gasteiger partial charge in [0.2, 0.25) is 0 Å². The van der Waals surface area contributed by atoms with Gasteiger partial charge >= 0.3 is 0 Å². The lowest BCUT2D eigenvalue weighted by Gasteiger charge is -2.59. The molecule has 0 spiro atoms. The molecule has 4 aliphatic rings. The van der Waals surface area contributed by atoms with Crippen LogP contribution in [0.5, 0.6) is 0 Å². The number of pyridine rings is 1. The highest BCUT2D eigenvalue weighted by Crippen LogP contribution is 2.61. The summed E-state index contributed by atoms with van der Waals surface area (Å²) in [5, 5.41) is 16.0. The molecule has 4 fully saturated rings. The molecule has 1 atom stereocenters. The smallest absolute Gasteiger partial charge is 0.263 e. The summed E-state index contributed by atoms with van der Waals surface area (Å²) in [7, 11) is 0. The van der Waals surface area contributed by atoms with Gasteiger partial charge < -0.3 is 10.6 Å². The third-order valence-electron chi connectivity index (χ3n) is 6.80. The number of hydrogen-bond acceptors (Lipinski definition) is 4. The van der Waals surface area contributed by atoms with Gasteiger partial charge in [-0.2, -0.15) is 5.26 Å². The minimum atomic E-state index is -0.324. The molecule has 0 radical (unpaired) electrons. The maximum Gasteiger partial charge on any atom is 0.263 e. The third kappa shape index (κ3) is 3.68. The van der Waals surface area contributed by atoms with Crippen LogP contribution in [0.25, 0.3) is 0 Å². The lowest BCUT2D eigenvalue weighted by atomic mass is 9.48. The van der Waals surface area contributed by atoms with Crippen molar-refractivity contribution < 1.29 is 4.79 Å². The van der Waals surface area contributed by atoms with Gasteiger partial charge in [0.1, 0.15) is 17.5 Å². The largest absolute Gasteiger partial charge is 0.348 e. The molecule has 1 aromatic rings. The zero-order valence-corrected chi connectivity index (χ0v) is 16.3. The minimum Gasteiger partial charge on any atom is -0.348 e. The van der Waals surface area contributed by atoms with Crippen molar-refractivity contribution in [3.63, 3.8) is 0 Å². The Morgan fingerprint density at radius 1 is 1.33 bits per heavy atom. The van der Waals surface area contributed by atoms with E-state index >= 15 is 0 Å². The predicted octanol–water partition coefficient (Wildman–Crippen LogP) is 4.28. The molecule has 1 aromatic heterocycles. The zero-order valence-electron chi connectivity index (χ0n) is 15.5. The van der Waals surface area contributed by atoms with Crippen molar-refractivity contribution in [1.29, 1.82) is 5.26 Å². The normalized spacial score (nSPS) is 32.6. The molecular formula is C21H25ClN4O. The summed E-state index contributed by atoms with van der Waals surface area (Å²) < 4.78 is 0. The van der Waals surface area contributed by atoms with Crippen LogP contribution in [0.1, 0.15) is 45.4 Å². The Kier molecular flexibility index (Phi) is 4.86. The molecule has 5 nitrogen and oxygen atoms in total. The van der Waals surface area contributed by atoms with Gasteiger partial charge in [-0.15, -0.1) is 0 Å². The fourth-order valence-electron chi connectivity index (χ4n) is 5.91. The van der Waals surface area contributed by atoms with Crippen LogP contribution in [-0.2, 0) is 4.79 Å². The van der Waals surface area contributed by atoms with Crippen LogP contribution >= 0.6 is 11.6 Å². The molecule has 0 aliphatic heterocycles. The molecule has 4 bridgehead atoms. The van der Waals surface area contributed by atoms with E-state index in [9.17, 15) is 10.1 Å². The van der Waals surface area contributed by atoms with Gasteiger partial charge in [0.05, 0.1) is 0 Å². The Hall–Kier alpha value is -2.06. The van der Waals surface area contributed by atoms with Gasteiger partial charge in [0.25, 0.3) is 5.91 Å². The van der Waals surface area contributed by atoms with E-state index in [0.717, 1.165) is 17.8 Å². The van der Waals surface area contributed by atoms with E-state index < -0.39 is 0 Å². The number of nitrogens with zero attached hydrogens (tertiary/aromatic N) is 2. The maximum absolute atomic E-state index is 12.7. The number of anilines is 1. The van der Waals surface area contributed by atoms with Crippen LogP contribution < -0.4 is 10.6 Å². The molecule has 4 aliphatic carbocycles. The second kappa shape index (κ2) is 7.16. The summed E-state index contributed by atoms with van der Waals surface area (Å²) in [5.74, 6) is 2.67. The summed E-state index contributed by atoms with van der Waals surface area (Å²) in [6.45, 7) is 2.12. The number of rotatable bonds is 5. The molecule has 0 aromatic carbocycles. The number of halogens is 1. The Balaban J connectivity index is 1.43. The topological polar surface area (TPSA) is 77.8 Å². The average Bonchev–Trinajstić information content (AvgIpc) is 2.61. The van der Waals surface area contributed by atoms with Crippen molar-refractivity contribution in [2.24, 2.45) is 23.2 Å². The van der Waals surface area contributed by atoms with Crippen LogP contribution in [0.3, 0.4) is 0 Å². The first kappa shape index (κ1) is 18.3. The van der Waals surface area contributed by atoms with Crippen LogP contribution in [-0.4, -0.2) is 16.9 Å². The van der Waals surface area contributed by atoms with E-state index in [2.05, 4.69) is 22.5 Å². The van der Waals surface area contributed by atoms with Gasteiger partial charge in [-0.1, -0.05) is 11.6 Å². The molecule has 6 heteroatoms. The third-order valence-corrected chi connectivity index (χ3v) is 7.04. The van der Waals surface area contributed by atoms with Gasteiger partial charge in [0, 0.05) is 23.5 Å². The Labute approximate surface area is 165 Å². The fourth-order valence-corrected chi connectivity index (χ4v) is 6.07. The second-order valence-corrected chi connectivity index (χ2v) is 9.08. The number of carbonyl (C=O) groups is 1. The standard InChI is InChI=1S/C21H25ClN4O/c1-13(21-8-14-4-15(9-21)6-16(5-14)10-21)26-20(27)17(11-23)12-25-19-7-18(22)2-3-24-19/h2-3,7,12-16H,4-6,8-10H2,1H3,(H,24,25)(H,26,27)/b17-12-. The van der Waals surface area contributed by atoms with E-state index in [0.29, 0.717) is 10.8 Å². The summed E-state index contributed by atoms with van der Waals surface area (Å²) in [6, 6.07) is 5.38. The highest BCUT2D eigenvalue weighted by atomic mass is 35.5. The molecular weight excluding hydrogens is 360 g/mol. The van der Waals surface area contributed by atoms with E-state index in [4.69, 9.17) is 11.6 Å². The first-order valence-electron chi connectivity index (χ1n) is 9.76. The lowest BCUT2D eigenvalue weighted by Crippen LogP contribution is -2.56. The number of amides is 1. The van der Waals surface area contributed by atoms with Gasteiger partial charge in [-0.05, 0) is 80.8 Å². The zero-order chi connectivity index (χ0) is 19.0. The van der Waals surface area contributed by atoms with Crippen LogP contribution in [0.4, 0.5) is 5.82 Å². The number of carbonyl (C=O) groups excluding carboxylic acids is 1. The van der Waals surface area contributed by atoms with E-state index in [1.54, 1.807) is 18.3 Å². The molecule has 2 N–H and O–H groups in total. The first-order chi connectivity index (χ1) is 13.0. The molecule has 0 saturated heterocycles. The molecule has 1 heterocycles. The van der Waals surface area contributed by atoms with Crippen molar-refractivity contribution >= 4 is 23.3 Å². The van der Waals surface area contributed by atoms with Crippen molar-refractivity contribution in [2.75, 3.05) is 5.32 Å².